The molecule has 1 rings (SSSR count). The molecule has 0 bridgehead atoms. The maximum atomic E-state index is 12.3. The number of aromatic nitrogens is 2. The Labute approximate surface area is 122 Å². The molecule has 0 fully saturated rings. The van der Waals surface area contributed by atoms with Crippen molar-refractivity contribution in [2.45, 2.75) is 32.5 Å². The van der Waals surface area contributed by atoms with E-state index >= 15 is 0 Å². The van der Waals surface area contributed by atoms with Crippen molar-refractivity contribution in [2.24, 2.45) is 0 Å². The number of hydrogen-bond donors (Lipinski definition) is 1. The van der Waals surface area contributed by atoms with Gasteiger partial charge in [0.2, 0.25) is 0 Å². The van der Waals surface area contributed by atoms with Crippen LogP contribution in [0.4, 0.5) is 24.8 Å². The van der Waals surface area contributed by atoms with Gasteiger partial charge in [-0.25, -0.2) is 9.97 Å². The highest BCUT2D eigenvalue weighted by Crippen LogP contribution is 2.22. The predicted octanol–water partition coefficient (Wildman–Crippen LogP) is 2.83. The summed E-state index contributed by atoms with van der Waals surface area (Å²) in [6.07, 6.45) is -4.15. The summed E-state index contributed by atoms with van der Waals surface area (Å²) in [6.45, 7) is 2.80. The topological polar surface area (TPSA) is 50.3 Å². The van der Waals surface area contributed by atoms with Crippen LogP contribution in [0.2, 0.25) is 0 Å². The summed E-state index contributed by atoms with van der Waals surface area (Å²) in [5.41, 5.74) is 0. The van der Waals surface area contributed by atoms with E-state index in [1.165, 1.54) is 12.0 Å². The van der Waals surface area contributed by atoms with E-state index in [9.17, 15) is 13.2 Å². The number of anilines is 2. The quantitative estimate of drug-likeness (QED) is 0.800. The lowest BCUT2D eigenvalue weighted by atomic mass is 10.3. The van der Waals surface area contributed by atoms with Crippen LogP contribution in [0.3, 0.4) is 0 Å². The first-order valence-electron chi connectivity index (χ1n) is 6.74. The van der Waals surface area contributed by atoms with Gasteiger partial charge in [0.05, 0.1) is 6.42 Å². The molecule has 0 aliphatic rings. The number of alkyl halides is 3. The zero-order chi connectivity index (χ0) is 15.9. The normalized spacial score (nSPS) is 11.5. The second-order valence-corrected chi connectivity index (χ2v) is 4.67. The number of rotatable bonds is 8. The van der Waals surface area contributed by atoms with Crippen LogP contribution >= 0.6 is 0 Å². The monoisotopic (exact) mass is 306 g/mol. The fourth-order valence-corrected chi connectivity index (χ4v) is 1.62. The van der Waals surface area contributed by atoms with Crippen LogP contribution < -0.4 is 10.2 Å². The van der Waals surface area contributed by atoms with E-state index in [-0.39, 0.29) is 13.2 Å². The summed E-state index contributed by atoms with van der Waals surface area (Å²) in [5, 5.41) is 3.11. The van der Waals surface area contributed by atoms with Crippen LogP contribution in [0.1, 0.15) is 25.6 Å². The smallest absolute Gasteiger partial charge is 0.377 e. The SMILES string of the molecule is CCCNc1cc(N(C)CCC(F)(F)F)nc(COC)n1. The molecule has 0 spiro atoms. The molecule has 0 atom stereocenters. The lowest BCUT2D eigenvalue weighted by Gasteiger charge is -2.20. The fraction of sp³-hybridized carbons (Fsp3) is 0.692. The highest BCUT2D eigenvalue weighted by molar-refractivity contribution is 5.49. The number of nitrogens with zero attached hydrogens (tertiary/aromatic N) is 3. The van der Waals surface area contributed by atoms with Crippen LogP contribution in [0, 0.1) is 0 Å². The highest BCUT2D eigenvalue weighted by Gasteiger charge is 2.27. The second-order valence-electron chi connectivity index (χ2n) is 4.67. The third-order valence-corrected chi connectivity index (χ3v) is 2.71. The van der Waals surface area contributed by atoms with E-state index in [0.29, 0.717) is 17.5 Å². The second kappa shape index (κ2) is 8.02. The molecule has 0 amide bonds. The van der Waals surface area contributed by atoms with Crippen molar-refractivity contribution < 1.29 is 17.9 Å². The van der Waals surface area contributed by atoms with Crippen molar-refractivity contribution in [2.75, 3.05) is 37.5 Å². The Balaban J connectivity index is 2.84. The average Bonchev–Trinajstić information content (AvgIpc) is 2.42. The summed E-state index contributed by atoms with van der Waals surface area (Å²) in [6, 6.07) is 1.64. The molecule has 0 aromatic carbocycles. The minimum absolute atomic E-state index is 0.153. The predicted molar refractivity (Wildman–Crippen MR) is 75.5 cm³/mol. The van der Waals surface area contributed by atoms with Crippen LogP contribution in [0.5, 0.6) is 0 Å². The number of nitrogens with one attached hydrogen (secondary N) is 1. The zero-order valence-electron chi connectivity index (χ0n) is 12.5. The van der Waals surface area contributed by atoms with Crippen LogP contribution in [-0.2, 0) is 11.3 Å². The molecular formula is C13H21F3N4O. The lowest BCUT2D eigenvalue weighted by molar-refractivity contribution is -0.132. The Morgan fingerprint density at radius 3 is 2.62 bits per heavy atom. The van der Waals surface area contributed by atoms with Crippen molar-refractivity contribution >= 4 is 11.6 Å². The lowest BCUT2D eigenvalue weighted by Crippen LogP contribution is -2.25. The van der Waals surface area contributed by atoms with E-state index in [1.54, 1.807) is 13.1 Å². The minimum Gasteiger partial charge on any atom is -0.377 e. The number of methoxy groups -OCH3 is 1. The van der Waals surface area contributed by atoms with E-state index in [2.05, 4.69) is 15.3 Å². The van der Waals surface area contributed by atoms with Gasteiger partial charge in [-0.1, -0.05) is 6.92 Å². The van der Waals surface area contributed by atoms with Crippen molar-refractivity contribution in [3.05, 3.63) is 11.9 Å². The number of ether oxygens (including phenoxy) is 1. The summed E-state index contributed by atoms with van der Waals surface area (Å²) >= 11 is 0. The first kappa shape index (κ1) is 17.5. The Kier molecular flexibility index (Phi) is 6.67. The fourth-order valence-electron chi connectivity index (χ4n) is 1.62. The third kappa shape index (κ3) is 6.61. The van der Waals surface area contributed by atoms with Crippen LogP contribution in [0.15, 0.2) is 6.07 Å². The third-order valence-electron chi connectivity index (χ3n) is 2.71. The van der Waals surface area contributed by atoms with Crippen LogP contribution in [0.25, 0.3) is 0 Å². The summed E-state index contributed by atoms with van der Waals surface area (Å²) in [4.78, 5) is 9.93. The summed E-state index contributed by atoms with van der Waals surface area (Å²) < 4.78 is 41.8. The molecule has 1 heterocycles. The maximum absolute atomic E-state index is 12.3. The van der Waals surface area contributed by atoms with Crippen molar-refractivity contribution in [1.29, 1.82) is 0 Å². The molecule has 0 aliphatic heterocycles. The largest absolute Gasteiger partial charge is 0.390 e. The Morgan fingerprint density at radius 1 is 1.33 bits per heavy atom. The molecule has 1 aromatic rings. The van der Waals surface area contributed by atoms with Gasteiger partial charge >= 0.3 is 6.18 Å². The first-order valence-corrected chi connectivity index (χ1v) is 6.74. The van der Waals surface area contributed by atoms with Crippen molar-refractivity contribution in [3.8, 4) is 0 Å². The number of halogens is 3. The van der Waals surface area contributed by atoms with Gasteiger partial charge in [0.1, 0.15) is 18.2 Å². The summed E-state index contributed by atoms with van der Waals surface area (Å²) in [7, 11) is 3.09. The van der Waals surface area contributed by atoms with Crippen molar-refractivity contribution in [1.82, 2.24) is 9.97 Å². The van der Waals surface area contributed by atoms with E-state index in [1.807, 2.05) is 6.92 Å². The average molecular weight is 306 g/mol. The van der Waals surface area contributed by atoms with Crippen molar-refractivity contribution in [3.63, 3.8) is 0 Å². The molecule has 0 radical (unpaired) electrons. The molecule has 0 aliphatic carbocycles. The number of hydrogen-bond acceptors (Lipinski definition) is 5. The standard InChI is InChI=1S/C13H21F3N4O/c1-4-6-17-10-8-12(19-11(18-10)9-21-3)20(2)7-5-13(14,15)16/h8H,4-7,9H2,1-3H3,(H,17,18,19). The van der Waals surface area contributed by atoms with Gasteiger partial charge < -0.3 is 15.0 Å². The van der Waals surface area contributed by atoms with Crippen LogP contribution in [-0.4, -0.2) is 43.4 Å². The Morgan fingerprint density at radius 2 is 2.05 bits per heavy atom. The van der Waals surface area contributed by atoms with E-state index < -0.39 is 12.6 Å². The molecule has 0 saturated carbocycles. The summed E-state index contributed by atoms with van der Waals surface area (Å²) in [5.74, 6) is 1.47. The van der Waals surface area contributed by atoms with E-state index in [0.717, 1.165) is 13.0 Å². The molecule has 0 unspecified atom stereocenters. The van der Waals surface area contributed by atoms with Gasteiger partial charge in [0.15, 0.2) is 5.82 Å². The van der Waals surface area contributed by atoms with E-state index in [4.69, 9.17) is 4.74 Å². The molecule has 1 N–H and O–H groups in total. The van der Waals surface area contributed by atoms with Gasteiger partial charge in [0, 0.05) is 33.3 Å². The molecule has 120 valence electrons. The van der Waals surface area contributed by atoms with Gasteiger partial charge in [-0.15, -0.1) is 0 Å². The molecular weight excluding hydrogens is 285 g/mol. The van der Waals surface area contributed by atoms with Gasteiger partial charge in [0.25, 0.3) is 0 Å². The van der Waals surface area contributed by atoms with Gasteiger partial charge in [-0.05, 0) is 6.42 Å². The molecule has 5 nitrogen and oxygen atoms in total. The zero-order valence-corrected chi connectivity index (χ0v) is 12.5. The Hall–Kier alpha value is -1.57. The molecule has 8 heteroatoms. The minimum atomic E-state index is -4.18. The molecule has 0 saturated heterocycles. The van der Waals surface area contributed by atoms with Gasteiger partial charge in [-0.3, -0.25) is 0 Å². The maximum Gasteiger partial charge on any atom is 0.390 e. The first-order chi connectivity index (χ1) is 9.85. The Bertz CT molecular complexity index is 440. The molecule has 21 heavy (non-hydrogen) atoms. The molecule has 1 aromatic heterocycles. The highest BCUT2D eigenvalue weighted by atomic mass is 19.4. The van der Waals surface area contributed by atoms with Gasteiger partial charge in [-0.2, -0.15) is 13.2 Å².